The number of methoxy groups -OCH3 is 2. The van der Waals surface area contributed by atoms with Crippen molar-refractivity contribution in [1.82, 2.24) is 0 Å². The summed E-state index contributed by atoms with van der Waals surface area (Å²) in [7, 11) is 2.94. The fourth-order valence-electron chi connectivity index (χ4n) is 3.75. The lowest BCUT2D eigenvalue weighted by molar-refractivity contribution is -0.132. The summed E-state index contributed by atoms with van der Waals surface area (Å²) in [6.45, 7) is 1.75. The third-order valence-electron chi connectivity index (χ3n) is 5.25. The summed E-state index contributed by atoms with van der Waals surface area (Å²) in [6.07, 6.45) is 0. The SMILES string of the molecule is COc1ccc(/C(O)=C2/C(=O)C(=O)N(c3ccccc3OC)C2c2ccc(C)o2)cc1Cl. The molecule has 3 aromatic rings. The predicted octanol–water partition coefficient (Wildman–Crippen LogP) is 4.88. The molecule has 4 rings (SSSR count). The molecule has 1 aliphatic rings. The molecule has 1 N–H and O–H groups in total. The smallest absolute Gasteiger partial charge is 0.300 e. The third-order valence-corrected chi connectivity index (χ3v) is 5.54. The molecule has 32 heavy (non-hydrogen) atoms. The van der Waals surface area contributed by atoms with Gasteiger partial charge in [0.05, 0.1) is 30.5 Å². The van der Waals surface area contributed by atoms with Crippen LogP contribution >= 0.6 is 11.6 Å². The summed E-state index contributed by atoms with van der Waals surface area (Å²) in [6, 6.07) is 13.8. The van der Waals surface area contributed by atoms with E-state index >= 15 is 0 Å². The van der Waals surface area contributed by atoms with Gasteiger partial charge in [-0.2, -0.15) is 0 Å². The number of ketones is 1. The van der Waals surface area contributed by atoms with Crippen molar-refractivity contribution in [2.45, 2.75) is 13.0 Å². The number of rotatable bonds is 5. The lowest BCUT2D eigenvalue weighted by Crippen LogP contribution is -2.29. The summed E-state index contributed by atoms with van der Waals surface area (Å²) < 4.78 is 16.3. The maximum absolute atomic E-state index is 13.2. The van der Waals surface area contributed by atoms with Gasteiger partial charge in [-0.3, -0.25) is 14.5 Å². The topological polar surface area (TPSA) is 89.2 Å². The number of hydrogen-bond donors (Lipinski definition) is 1. The minimum Gasteiger partial charge on any atom is -0.507 e. The van der Waals surface area contributed by atoms with Crippen LogP contribution in [0, 0.1) is 6.92 Å². The van der Waals surface area contributed by atoms with Crippen LogP contribution in [0.1, 0.15) is 23.1 Å². The van der Waals surface area contributed by atoms with Gasteiger partial charge in [0, 0.05) is 5.56 Å². The van der Waals surface area contributed by atoms with Gasteiger partial charge < -0.3 is 19.0 Å². The van der Waals surface area contributed by atoms with Crippen LogP contribution in [0.3, 0.4) is 0 Å². The van der Waals surface area contributed by atoms with Gasteiger partial charge in [0.2, 0.25) is 0 Å². The van der Waals surface area contributed by atoms with Gasteiger partial charge in [-0.15, -0.1) is 0 Å². The van der Waals surface area contributed by atoms with E-state index in [-0.39, 0.29) is 21.9 Å². The number of aliphatic hydroxyl groups is 1. The summed E-state index contributed by atoms with van der Waals surface area (Å²) in [5.41, 5.74) is 0.529. The molecule has 1 atom stereocenters. The van der Waals surface area contributed by atoms with Crippen molar-refractivity contribution in [3.63, 3.8) is 0 Å². The number of anilines is 1. The summed E-state index contributed by atoms with van der Waals surface area (Å²) in [5, 5.41) is 11.4. The molecule has 0 aliphatic carbocycles. The van der Waals surface area contributed by atoms with Gasteiger partial charge in [-0.05, 0) is 49.4 Å². The van der Waals surface area contributed by atoms with Crippen molar-refractivity contribution >= 4 is 34.7 Å². The number of para-hydroxylation sites is 2. The quantitative estimate of drug-likeness (QED) is 0.336. The number of amides is 1. The Morgan fingerprint density at radius 2 is 1.75 bits per heavy atom. The lowest BCUT2D eigenvalue weighted by Gasteiger charge is -2.25. The Morgan fingerprint density at radius 3 is 2.38 bits per heavy atom. The first-order valence-electron chi connectivity index (χ1n) is 9.71. The number of ether oxygens (including phenoxy) is 2. The number of nitrogens with zero attached hydrogens (tertiary/aromatic N) is 1. The van der Waals surface area contributed by atoms with Gasteiger partial charge >= 0.3 is 0 Å². The Kier molecular flexibility index (Phi) is 5.67. The molecule has 1 fully saturated rings. The number of benzene rings is 2. The molecule has 8 heteroatoms. The van der Waals surface area contributed by atoms with E-state index < -0.39 is 17.7 Å². The van der Waals surface area contributed by atoms with Crippen molar-refractivity contribution in [3.8, 4) is 11.5 Å². The van der Waals surface area contributed by atoms with E-state index in [1.807, 2.05) is 0 Å². The van der Waals surface area contributed by atoms with Gasteiger partial charge in [0.15, 0.2) is 0 Å². The third kappa shape index (κ3) is 3.50. The minimum absolute atomic E-state index is 0.114. The van der Waals surface area contributed by atoms with E-state index in [0.29, 0.717) is 28.7 Å². The average molecular weight is 454 g/mol. The van der Waals surface area contributed by atoms with Gasteiger partial charge in [-0.1, -0.05) is 23.7 Å². The number of hydrogen-bond acceptors (Lipinski definition) is 6. The highest BCUT2D eigenvalue weighted by Gasteiger charge is 2.49. The van der Waals surface area contributed by atoms with Gasteiger partial charge in [0.1, 0.15) is 34.8 Å². The molecule has 0 radical (unpaired) electrons. The maximum Gasteiger partial charge on any atom is 0.300 e. The van der Waals surface area contributed by atoms with E-state index in [4.69, 9.17) is 25.5 Å². The molecular weight excluding hydrogens is 434 g/mol. The predicted molar refractivity (Wildman–Crippen MR) is 119 cm³/mol. The first kappa shape index (κ1) is 21.5. The first-order valence-corrected chi connectivity index (χ1v) is 10.1. The normalized spacial score (nSPS) is 17.6. The average Bonchev–Trinajstić information content (AvgIpc) is 3.34. The highest BCUT2D eigenvalue weighted by atomic mass is 35.5. The molecule has 1 unspecified atom stereocenters. The van der Waals surface area contributed by atoms with Crippen LogP contribution in [0.4, 0.5) is 5.69 Å². The Balaban J connectivity index is 1.95. The molecule has 0 saturated carbocycles. The second kappa shape index (κ2) is 8.43. The highest BCUT2D eigenvalue weighted by molar-refractivity contribution is 6.51. The second-order valence-electron chi connectivity index (χ2n) is 7.14. The standard InChI is InChI=1S/C24H20ClNO6/c1-13-8-10-19(32-13)21-20(22(27)14-9-11-17(30-2)15(25)12-14)23(28)24(29)26(21)16-6-4-5-7-18(16)31-3/h4-12,21,27H,1-3H3/b22-20-. The number of carbonyl (C=O) groups excluding carboxylic acids is 2. The van der Waals surface area contributed by atoms with Crippen LogP contribution in [0.15, 0.2) is 64.6 Å². The largest absolute Gasteiger partial charge is 0.507 e. The molecule has 1 saturated heterocycles. The van der Waals surface area contributed by atoms with Crippen LogP contribution in [-0.2, 0) is 9.59 Å². The molecule has 0 spiro atoms. The molecule has 164 valence electrons. The fourth-order valence-corrected chi connectivity index (χ4v) is 4.01. The number of Topliss-reactive ketones (excluding diaryl/α,β-unsaturated/α-hetero) is 1. The van der Waals surface area contributed by atoms with Crippen LogP contribution in [0.5, 0.6) is 11.5 Å². The Bertz CT molecular complexity index is 1240. The van der Waals surface area contributed by atoms with Crippen molar-refractivity contribution in [1.29, 1.82) is 0 Å². The molecule has 7 nitrogen and oxygen atoms in total. The van der Waals surface area contributed by atoms with Crippen molar-refractivity contribution in [2.24, 2.45) is 0 Å². The fraction of sp³-hybridized carbons (Fsp3) is 0.167. The van der Waals surface area contributed by atoms with E-state index in [9.17, 15) is 14.7 Å². The summed E-state index contributed by atoms with van der Waals surface area (Å²) >= 11 is 6.21. The number of halogens is 1. The Hall–Kier alpha value is -3.71. The molecule has 1 amide bonds. The van der Waals surface area contributed by atoms with Crippen molar-refractivity contribution < 1.29 is 28.6 Å². The van der Waals surface area contributed by atoms with Crippen molar-refractivity contribution in [2.75, 3.05) is 19.1 Å². The maximum atomic E-state index is 13.2. The van der Waals surface area contributed by atoms with E-state index in [0.717, 1.165) is 0 Å². The Morgan fingerprint density at radius 1 is 1.03 bits per heavy atom. The van der Waals surface area contributed by atoms with Crippen LogP contribution in [0.25, 0.3) is 5.76 Å². The summed E-state index contributed by atoms with van der Waals surface area (Å²) in [4.78, 5) is 27.6. The van der Waals surface area contributed by atoms with Crippen LogP contribution < -0.4 is 14.4 Å². The first-order chi connectivity index (χ1) is 15.4. The zero-order chi connectivity index (χ0) is 23.0. The molecule has 2 aromatic carbocycles. The summed E-state index contributed by atoms with van der Waals surface area (Å²) in [5.74, 6) is -0.295. The number of furan rings is 1. The van der Waals surface area contributed by atoms with Gasteiger partial charge in [0.25, 0.3) is 11.7 Å². The number of aliphatic hydroxyl groups excluding tert-OH is 1. The molecule has 2 heterocycles. The highest BCUT2D eigenvalue weighted by Crippen LogP contribution is 2.45. The van der Waals surface area contributed by atoms with Crippen LogP contribution in [0.2, 0.25) is 5.02 Å². The number of aryl methyl sites for hydroxylation is 1. The number of carbonyl (C=O) groups is 2. The molecule has 1 aliphatic heterocycles. The van der Waals surface area contributed by atoms with Crippen LogP contribution in [-0.4, -0.2) is 31.0 Å². The molecule has 0 bridgehead atoms. The van der Waals surface area contributed by atoms with Gasteiger partial charge in [-0.25, -0.2) is 0 Å². The minimum atomic E-state index is -0.999. The Labute approximate surface area is 189 Å². The monoisotopic (exact) mass is 453 g/mol. The van der Waals surface area contributed by atoms with E-state index in [1.165, 1.54) is 25.2 Å². The van der Waals surface area contributed by atoms with E-state index in [1.54, 1.807) is 55.5 Å². The zero-order valence-electron chi connectivity index (χ0n) is 17.6. The molecular formula is C24H20ClNO6. The van der Waals surface area contributed by atoms with E-state index in [2.05, 4.69) is 0 Å². The van der Waals surface area contributed by atoms with Crippen molar-refractivity contribution in [3.05, 3.63) is 82.3 Å². The second-order valence-corrected chi connectivity index (χ2v) is 7.55. The molecule has 1 aromatic heterocycles. The zero-order valence-corrected chi connectivity index (χ0v) is 18.3. The lowest BCUT2D eigenvalue weighted by atomic mass is 9.99.